The quantitative estimate of drug-likeness (QED) is 0.192. The Balaban J connectivity index is 1.12. The van der Waals surface area contributed by atoms with Gasteiger partial charge in [0.15, 0.2) is 5.82 Å². The first kappa shape index (κ1) is 27.1. The third-order valence-electron chi connectivity index (χ3n) is 10.0. The third-order valence-corrected chi connectivity index (χ3v) is 10.0. The minimum Gasteiger partial charge on any atom is -0.455 e. The van der Waals surface area contributed by atoms with Gasteiger partial charge < -0.3 is 8.82 Å². The summed E-state index contributed by atoms with van der Waals surface area (Å²) in [4.78, 5) is 14.3. The van der Waals surface area contributed by atoms with Crippen LogP contribution in [-0.2, 0) is 0 Å². The molecule has 50 heavy (non-hydrogen) atoms. The second-order valence-corrected chi connectivity index (χ2v) is 12.8. The monoisotopic (exact) mass is 638 g/mol. The lowest BCUT2D eigenvalue weighted by molar-refractivity contribution is 0.670. The molecule has 5 aromatic heterocycles. The van der Waals surface area contributed by atoms with Crippen LogP contribution in [0, 0.1) is 0 Å². The minimum atomic E-state index is 0.661. The van der Waals surface area contributed by atoms with Crippen LogP contribution in [0.15, 0.2) is 162 Å². The van der Waals surface area contributed by atoms with Gasteiger partial charge in [-0.15, -0.1) is 0 Å². The number of hydrogen-bond donors (Lipinski definition) is 0. The lowest BCUT2D eigenvalue weighted by atomic mass is 9.97. The first-order valence-electron chi connectivity index (χ1n) is 16.8. The summed E-state index contributed by atoms with van der Waals surface area (Å²) in [6, 6.07) is 51.1. The molecule has 11 aromatic rings. The fourth-order valence-corrected chi connectivity index (χ4v) is 7.77. The number of fused-ring (bicyclic) bond motifs is 9. The van der Waals surface area contributed by atoms with Gasteiger partial charge in [0.1, 0.15) is 11.2 Å². The summed E-state index contributed by atoms with van der Waals surface area (Å²) in [6.45, 7) is 0. The third kappa shape index (κ3) is 3.92. The van der Waals surface area contributed by atoms with Gasteiger partial charge in [-0.2, -0.15) is 0 Å². The van der Waals surface area contributed by atoms with Crippen molar-refractivity contribution in [3.05, 3.63) is 158 Å². The second-order valence-electron chi connectivity index (χ2n) is 12.8. The van der Waals surface area contributed by atoms with Crippen LogP contribution in [0.2, 0.25) is 0 Å². The second kappa shape index (κ2) is 10.3. The zero-order chi connectivity index (χ0) is 32.8. The molecular formula is C45H26N4O. The van der Waals surface area contributed by atoms with Crippen molar-refractivity contribution in [1.82, 2.24) is 19.4 Å². The van der Waals surface area contributed by atoms with Crippen molar-refractivity contribution in [3.63, 3.8) is 0 Å². The summed E-state index contributed by atoms with van der Waals surface area (Å²) in [5.74, 6) is 0.661. The Labute approximate surface area is 286 Å². The molecule has 5 heteroatoms. The summed E-state index contributed by atoms with van der Waals surface area (Å²) in [6.07, 6.45) is 3.59. The average molecular weight is 639 g/mol. The van der Waals surface area contributed by atoms with Gasteiger partial charge in [0.05, 0.1) is 27.9 Å². The van der Waals surface area contributed by atoms with E-state index in [0.717, 1.165) is 61.1 Å². The summed E-state index contributed by atoms with van der Waals surface area (Å²) in [5, 5.41) is 7.11. The Morgan fingerprint density at radius 3 is 1.78 bits per heavy atom. The van der Waals surface area contributed by atoms with Crippen LogP contribution >= 0.6 is 0 Å². The fourth-order valence-electron chi connectivity index (χ4n) is 7.77. The number of aromatic nitrogens is 4. The minimum absolute atomic E-state index is 0.661. The molecule has 0 fully saturated rings. The highest BCUT2D eigenvalue weighted by atomic mass is 16.3. The van der Waals surface area contributed by atoms with Crippen LogP contribution in [-0.4, -0.2) is 19.4 Å². The van der Waals surface area contributed by atoms with E-state index < -0.39 is 0 Å². The van der Waals surface area contributed by atoms with E-state index in [1.54, 1.807) is 12.4 Å². The molecule has 0 amide bonds. The van der Waals surface area contributed by atoms with E-state index in [-0.39, 0.29) is 0 Å². The number of para-hydroxylation sites is 3. The standard InChI is InChI=1S/C45H26N4O/c1-2-9-27(10-3-1)38-26-39(28-19-21-46-22-20-28)48-45(47-38)29-17-18-42-35(23-29)34-14-8-13-31(44(34)50-42)30-24-36-32-11-4-6-15-40(32)49-41-16-7-5-12-33(41)37(25-30)43(36)49/h1-26H. The summed E-state index contributed by atoms with van der Waals surface area (Å²) >= 11 is 0. The van der Waals surface area contributed by atoms with E-state index in [4.69, 9.17) is 14.4 Å². The molecule has 232 valence electrons. The topological polar surface area (TPSA) is 56.2 Å². The van der Waals surface area contributed by atoms with Crippen LogP contribution < -0.4 is 0 Å². The Kier molecular flexibility index (Phi) is 5.60. The summed E-state index contributed by atoms with van der Waals surface area (Å²) in [7, 11) is 0. The normalized spacial score (nSPS) is 12.0. The highest BCUT2D eigenvalue weighted by molar-refractivity contribution is 6.25. The first-order valence-corrected chi connectivity index (χ1v) is 16.8. The molecule has 0 N–H and O–H groups in total. The molecule has 11 rings (SSSR count). The molecule has 0 aliphatic carbocycles. The number of benzene rings is 6. The lowest BCUT2D eigenvalue weighted by Gasteiger charge is -2.09. The molecule has 0 saturated carbocycles. The largest absolute Gasteiger partial charge is 0.455 e. The number of hydrogen-bond acceptors (Lipinski definition) is 4. The molecule has 0 aliphatic rings. The van der Waals surface area contributed by atoms with E-state index in [2.05, 4.69) is 113 Å². The van der Waals surface area contributed by atoms with Gasteiger partial charge in [0.25, 0.3) is 0 Å². The predicted molar refractivity (Wildman–Crippen MR) is 204 cm³/mol. The molecule has 0 atom stereocenters. The number of furan rings is 1. The Morgan fingerprint density at radius 2 is 1.06 bits per heavy atom. The van der Waals surface area contributed by atoms with E-state index in [1.165, 1.54) is 38.1 Å². The van der Waals surface area contributed by atoms with Gasteiger partial charge >= 0.3 is 0 Å². The SMILES string of the molecule is c1ccc(-c2cc(-c3ccncc3)nc(-c3ccc4oc5c(-c6cc7c8ccccc8n8c9ccccc9c(c6)c78)cccc5c4c3)n2)cc1. The van der Waals surface area contributed by atoms with Crippen molar-refractivity contribution >= 4 is 60.0 Å². The average Bonchev–Trinajstić information content (AvgIpc) is 3.85. The van der Waals surface area contributed by atoms with E-state index in [0.29, 0.717) is 5.82 Å². The number of pyridine rings is 1. The maximum atomic E-state index is 6.70. The molecule has 6 aromatic carbocycles. The maximum absolute atomic E-state index is 6.70. The molecule has 0 bridgehead atoms. The zero-order valence-electron chi connectivity index (χ0n) is 26.7. The molecule has 5 nitrogen and oxygen atoms in total. The van der Waals surface area contributed by atoms with Crippen molar-refractivity contribution in [2.75, 3.05) is 0 Å². The van der Waals surface area contributed by atoms with Gasteiger partial charge in [0, 0.05) is 67.0 Å². The van der Waals surface area contributed by atoms with Gasteiger partial charge in [-0.05, 0) is 66.2 Å². The number of rotatable bonds is 4. The molecular weight excluding hydrogens is 613 g/mol. The smallest absolute Gasteiger partial charge is 0.160 e. The maximum Gasteiger partial charge on any atom is 0.160 e. The van der Waals surface area contributed by atoms with Crippen LogP contribution in [0.25, 0.3) is 105 Å². The van der Waals surface area contributed by atoms with Crippen molar-refractivity contribution in [2.45, 2.75) is 0 Å². The number of nitrogens with zero attached hydrogens (tertiary/aromatic N) is 4. The Bertz CT molecular complexity index is 2950. The van der Waals surface area contributed by atoms with E-state index in [1.807, 2.05) is 42.5 Å². The van der Waals surface area contributed by atoms with Gasteiger partial charge in [-0.1, -0.05) is 84.9 Å². The van der Waals surface area contributed by atoms with Crippen molar-refractivity contribution in [3.8, 4) is 45.0 Å². The predicted octanol–water partition coefficient (Wildman–Crippen LogP) is 11.6. The van der Waals surface area contributed by atoms with Crippen LogP contribution in [0.4, 0.5) is 0 Å². The van der Waals surface area contributed by atoms with Crippen molar-refractivity contribution < 1.29 is 4.42 Å². The molecule has 0 aliphatic heterocycles. The van der Waals surface area contributed by atoms with Gasteiger partial charge in [-0.3, -0.25) is 4.98 Å². The molecule has 0 spiro atoms. The zero-order valence-corrected chi connectivity index (χ0v) is 26.7. The van der Waals surface area contributed by atoms with Crippen molar-refractivity contribution in [2.24, 2.45) is 0 Å². The Morgan fingerprint density at radius 1 is 0.440 bits per heavy atom. The van der Waals surface area contributed by atoms with Crippen LogP contribution in [0.1, 0.15) is 0 Å². The molecule has 0 saturated heterocycles. The molecule has 0 unspecified atom stereocenters. The van der Waals surface area contributed by atoms with Crippen molar-refractivity contribution in [1.29, 1.82) is 0 Å². The lowest BCUT2D eigenvalue weighted by Crippen LogP contribution is -1.96. The fraction of sp³-hybridized carbons (Fsp3) is 0. The molecule has 0 radical (unpaired) electrons. The van der Waals surface area contributed by atoms with E-state index in [9.17, 15) is 0 Å². The van der Waals surface area contributed by atoms with Crippen LogP contribution in [0.5, 0.6) is 0 Å². The first-order chi connectivity index (χ1) is 24.8. The van der Waals surface area contributed by atoms with Gasteiger partial charge in [-0.25, -0.2) is 9.97 Å². The molecule has 5 heterocycles. The highest BCUT2D eigenvalue weighted by Crippen LogP contribution is 2.44. The highest BCUT2D eigenvalue weighted by Gasteiger charge is 2.21. The van der Waals surface area contributed by atoms with Gasteiger partial charge in [0.2, 0.25) is 0 Å². The Hall–Kier alpha value is -6.85. The summed E-state index contributed by atoms with van der Waals surface area (Å²) < 4.78 is 9.11. The summed E-state index contributed by atoms with van der Waals surface area (Å²) in [5.41, 5.74) is 12.3. The van der Waals surface area contributed by atoms with Crippen LogP contribution in [0.3, 0.4) is 0 Å². The van der Waals surface area contributed by atoms with E-state index >= 15 is 0 Å².